The standard InChI is InChI=1S/C20H28N6O.HI/c1-3-23-20(24-12-16-5-4-6-17(11-16)19(21)27)25-9-7-15(2)18(13-25)26-10-8-22-14-26;/h4-6,8,10-11,14-15,18H,3,7,9,12-13H2,1-2H3,(H2,21,27)(H,23,24);1H. The molecule has 152 valence electrons. The van der Waals surface area contributed by atoms with E-state index in [1.807, 2.05) is 36.9 Å². The van der Waals surface area contributed by atoms with Crippen LogP contribution >= 0.6 is 24.0 Å². The van der Waals surface area contributed by atoms with Gasteiger partial charge in [0.05, 0.1) is 18.9 Å². The summed E-state index contributed by atoms with van der Waals surface area (Å²) in [6, 6.07) is 7.72. The van der Waals surface area contributed by atoms with Gasteiger partial charge < -0.3 is 20.5 Å². The molecule has 1 aromatic heterocycles. The third kappa shape index (κ3) is 5.46. The number of amides is 1. The molecular formula is C20H29IN6O. The first-order chi connectivity index (χ1) is 13.1. The van der Waals surface area contributed by atoms with E-state index in [9.17, 15) is 4.79 Å². The Labute approximate surface area is 183 Å². The Morgan fingerprint density at radius 2 is 2.25 bits per heavy atom. The lowest BCUT2D eigenvalue weighted by Gasteiger charge is -2.39. The molecule has 8 heteroatoms. The van der Waals surface area contributed by atoms with Gasteiger partial charge in [-0.1, -0.05) is 19.1 Å². The van der Waals surface area contributed by atoms with Gasteiger partial charge in [-0.3, -0.25) is 4.79 Å². The van der Waals surface area contributed by atoms with E-state index in [1.54, 1.807) is 6.07 Å². The number of benzene rings is 1. The lowest BCUT2D eigenvalue weighted by Crippen LogP contribution is -2.49. The second-order valence-corrected chi connectivity index (χ2v) is 7.02. The lowest BCUT2D eigenvalue weighted by molar-refractivity contribution is 0.1000. The van der Waals surface area contributed by atoms with Crippen molar-refractivity contribution in [2.75, 3.05) is 19.6 Å². The van der Waals surface area contributed by atoms with Crippen molar-refractivity contribution < 1.29 is 4.79 Å². The Kier molecular flexibility index (Phi) is 8.28. The first-order valence-electron chi connectivity index (χ1n) is 9.48. The van der Waals surface area contributed by atoms with Crippen LogP contribution < -0.4 is 11.1 Å². The molecule has 1 aliphatic heterocycles. The maximum Gasteiger partial charge on any atom is 0.248 e. The molecule has 28 heavy (non-hydrogen) atoms. The molecule has 2 heterocycles. The first kappa shape index (κ1) is 22.2. The first-order valence-corrected chi connectivity index (χ1v) is 9.48. The number of nitrogens with zero attached hydrogens (tertiary/aromatic N) is 4. The van der Waals surface area contributed by atoms with Crippen molar-refractivity contribution in [3.8, 4) is 0 Å². The molecule has 2 atom stereocenters. The van der Waals surface area contributed by atoms with Crippen molar-refractivity contribution in [2.45, 2.75) is 32.9 Å². The Morgan fingerprint density at radius 3 is 2.93 bits per heavy atom. The number of rotatable bonds is 5. The van der Waals surface area contributed by atoms with Crippen molar-refractivity contribution in [1.82, 2.24) is 19.8 Å². The number of guanidine groups is 1. The predicted octanol–water partition coefficient (Wildman–Crippen LogP) is 2.65. The number of likely N-dealkylation sites (tertiary alicyclic amines) is 1. The Balaban J connectivity index is 0.00000280. The number of aliphatic imine (C=N–C) groups is 1. The van der Waals surface area contributed by atoms with Crippen molar-refractivity contribution in [3.63, 3.8) is 0 Å². The molecule has 1 fully saturated rings. The molecule has 1 saturated heterocycles. The van der Waals surface area contributed by atoms with E-state index in [-0.39, 0.29) is 24.0 Å². The van der Waals surface area contributed by atoms with Crippen molar-refractivity contribution >= 4 is 35.8 Å². The van der Waals surface area contributed by atoms with Gasteiger partial charge in [-0.2, -0.15) is 0 Å². The number of hydrogen-bond donors (Lipinski definition) is 2. The number of imidazole rings is 1. The molecule has 0 aliphatic carbocycles. The zero-order chi connectivity index (χ0) is 19.2. The highest BCUT2D eigenvalue weighted by molar-refractivity contribution is 14.0. The molecule has 0 spiro atoms. The Morgan fingerprint density at radius 1 is 1.43 bits per heavy atom. The average Bonchev–Trinajstić information content (AvgIpc) is 3.20. The normalized spacial score (nSPS) is 19.8. The van der Waals surface area contributed by atoms with Gasteiger partial charge in [0.2, 0.25) is 5.91 Å². The maximum absolute atomic E-state index is 11.4. The van der Waals surface area contributed by atoms with Crippen LogP contribution in [0.25, 0.3) is 0 Å². The van der Waals surface area contributed by atoms with Gasteiger partial charge in [0.25, 0.3) is 0 Å². The fraction of sp³-hybridized carbons (Fsp3) is 0.450. The molecule has 0 radical (unpaired) electrons. The van der Waals surface area contributed by atoms with E-state index in [4.69, 9.17) is 10.7 Å². The smallest absolute Gasteiger partial charge is 0.248 e. The van der Waals surface area contributed by atoms with Gasteiger partial charge in [-0.15, -0.1) is 24.0 Å². The van der Waals surface area contributed by atoms with Gasteiger partial charge in [0, 0.05) is 37.6 Å². The third-order valence-electron chi connectivity index (χ3n) is 5.08. The molecule has 0 bridgehead atoms. The third-order valence-corrected chi connectivity index (χ3v) is 5.08. The SMILES string of the molecule is CCNC(=NCc1cccc(C(N)=O)c1)N1CCC(C)C(n2ccnc2)C1.I. The van der Waals surface area contributed by atoms with E-state index in [0.29, 0.717) is 24.1 Å². The molecule has 1 aromatic carbocycles. The second kappa shape index (κ2) is 10.4. The summed E-state index contributed by atoms with van der Waals surface area (Å²) in [5.41, 5.74) is 6.86. The Hall–Kier alpha value is -2.10. The number of nitrogens with one attached hydrogen (secondary N) is 1. The molecular weight excluding hydrogens is 467 g/mol. The van der Waals surface area contributed by atoms with Crippen LogP contribution in [0.2, 0.25) is 0 Å². The highest BCUT2D eigenvalue weighted by atomic mass is 127. The summed E-state index contributed by atoms with van der Waals surface area (Å²) in [6.45, 7) is 7.54. The van der Waals surface area contributed by atoms with Crippen LogP contribution in [0.3, 0.4) is 0 Å². The number of aromatic nitrogens is 2. The van der Waals surface area contributed by atoms with Crippen LogP contribution in [0.1, 0.15) is 42.2 Å². The van der Waals surface area contributed by atoms with Crippen molar-refractivity contribution in [2.24, 2.45) is 16.6 Å². The zero-order valence-corrected chi connectivity index (χ0v) is 18.7. The number of piperidine rings is 1. The van der Waals surface area contributed by atoms with E-state index in [0.717, 1.165) is 37.6 Å². The quantitative estimate of drug-likeness (QED) is 0.379. The molecule has 7 nitrogen and oxygen atoms in total. The van der Waals surface area contributed by atoms with Crippen LogP contribution in [0.15, 0.2) is 48.0 Å². The number of hydrogen-bond acceptors (Lipinski definition) is 3. The molecule has 2 aromatic rings. The maximum atomic E-state index is 11.4. The van der Waals surface area contributed by atoms with Crippen LogP contribution in [0.4, 0.5) is 0 Å². The van der Waals surface area contributed by atoms with E-state index in [2.05, 4.69) is 33.6 Å². The van der Waals surface area contributed by atoms with Crippen LogP contribution in [-0.4, -0.2) is 46.0 Å². The summed E-state index contributed by atoms with van der Waals surface area (Å²) in [4.78, 5) is 22.7. The summed E-state index contributed by atoms with van der Waals surface area (Å²) in [5, 5.41) is 3.40. The minimum Gasteiger partial charge on any atom is -0.366 e. The molecule has 2 unspecified atom stereocenters. The monoisotopic (exact) mass is 496 g/mol. The topological polar surface area (TPSA) is 88.5 Å². The van der Waals surface area contributed by atoms with Crippen molar-refractivity contribution in [3.05, 3.63) is 54.1 Å². The zero-order valence-electron chi connectivity index (χ0n) is 16.4. The summed E-state index contributed by atoms with van der Waals surface area (Å²) >= 11 is 0. The molecule has 3 rings (SSSR count). The van der Waals surface area contributed by atoms with Gasteiger partial charge >= 0.3 is 0 Å². The summed E-state index contributed by atoms with van der Waals surface area (Å²) in [7, 11) is 0. The minimum atomic E-state index is -0.416. The number of carbonyl (C=O) groups excluding carboxylic acids is 1. The Bertz CT molecular complexity index is 792. The second-order valence-electron chi connectivity index (χ2n) is 7.02. The lowest BCUT2D eigenvalue weighted by atomic mass is 9.93. The van der Waals surface area contributed by atoms with E-state index < -0.39 is 5.91 Å². The van der Waals surface area contributed by atoms with E-state index in [1.165, 1.54) is 0 Å². The van der Waals surface area contributed by atoms with E-state index >= 15 is 0 Å². The highest BCUT2D eigenvalue weighted by Crippen LogP contribution is 2.27. The largest absolute Gasteiger partial charge is 0.366 e. The fourth-order valence-corrected chi connectivity index (χ4v) is 3.51. The summed E-state index contributed by atoms with van der Waals surface area (Å²) in [5.74, 6) is 1.07. The van der Waals surface area contributed by atoms with Gasteiger partial charge in [0.1, 0.15) is 0 Å². The molecule has 0 saturated carbocycles. The average molecular weight is 496 g/mol. The molecule has 1 amide bonds. The van der Waals surface area contributed by atoms with Crippen LogP contribution in [0, 0.1) is 5.92 Å². The van der Waals surface area contributed by atoms with Crippen molar-refractivity contribution in [1.29, 1.82) is 0 Å². The predicted molar refractivity (Wildman–Crippen MR) is 122 cm³/mol. The van der Waals surface area contributed by atoms with Gasteiger partial charge in [-0.25, -0.2) is 9.98 Å². The fourth-order valence-electron chi connectivity index (χ4n) is 3.51. The number of nitrogens with two attached hydrogens (primary N) is 1. The van der Waals surface area contributed by atoms with Crippen LogP contribution in [-0.2, 0) is 6.54 Å². The van der Waals surface area contributed by atoms with Crippen LogP contribution in [0.5, 0.6) is 0 Å². The number of halogens is 1. The number of carbonyl (C=O) groups is 1. The van der Waals surface area contributed by atoms with Gasteiger partial charge in [0.15, 0.2) is 5.96 Å². The summed E-state index contributed by atoms with van der Waals surface area (Å²) < 4.78 is 2.19. The molecule has 1 aliphatic rings. The summed E-state index contributed by atoms with van der Waals surface area (Å²) in [6.07, 6.45) is 6.86. The van der Waals surface area contributed by atoms with Gasteiger partial charge in [-0.05, 0) is 37.0 Å². The minimum absolute atomic E-state index is 0. The highest BCUT2D eigenvalue weighted by Gasteiger charge is 2.28. The molecule has 3 N–H and O–H groups in total. The number of primary amides is 1.